The van der Waals surface area contributed by atoms with E-state index < -0.39 is 5.60 Å². The molecule has 0 fully saturated rings. The van der Waals surface area contributed by atoms with Crippen molar-refractivity contribution in [2.45, 2.75) is 84.8 Å². The first kappa shape index (κ1) is 30.2. The second-order valence-corrected chi connectivity index (χ2v) is 10.5. The number of carbonyl (C=O) groups excluding carboxylic acids is 1. The van der Waals surface area contributed by atoms with E-state index in [1.165, 1.54) is 22.3 Å². The van der Waals surface area contributed by atoms with Crippen molar-refractivity contribution in [2.75, 3.05) is 7.11 Å². The molecule has 0 atom stereocenters. The smallest absolute Gasteiger partial charge is 0.293 e. The molecular weight excluding hydrogens is 484 g/mol. The van der Waals surface area contributed by atoms with Crippen molar-refractivity contribution in [1.82, 2.24) is 0 Å². The second kappa shape index (κ2) is 13.1. The summed E-state index contributed by atoms with van der Waals surface area (Å²) >= 11 is 0. The number of ether oxygens (including phenoxy) is 2. The van der Waals surface area contributed by atoms with Crippen LogP contribution in [0.4, 0.5) is 0 Å². The summed E-state index contributed by atoms with van der Waals surface area (Å²) in [4.78, 5) is 10.7. The SMILES string of the molecule is CCC(O)(/C=C/c1ccc(C(CC)(CC)c2ccc(-c3cc(COC=O)ccc3OC)c(C)c2)cc1C)CC. The number of carbonyl (C=O) groups is 1. The molecule has 208 valence electrons. The Bertz CT molecular complexity index is 1300. The van der Waals surface area contributed by atoms with E-state index in [1.54, 1.807) is 7.11 Å². The Labute approximate surface area is 234 Å². The molecule has 0 aliphatic rings. The minimum Gasteiger partial charge on any atom is -0.496 e. The third-order valence-electron chi connectivity index (χ3n) is 8.48. The first-order valence-electron chi connectivity index (χ1n) is 14.1. The van der Waals surface area contributed by atoms with E-state index in [4.69, 9.17) is 9.47 Å². The summed E-state index contributed by atoms with van der Waals surface area (Å²) in [6.07, 6.45) is 7.35. The van der Waals surface area contributed by atoms with Crippen molar-refractivity contribution >= 4 is 12.5 Å². The summed E-state index contributed by atoms with van der Waals surface area (Å²) in [6, 6.07) is 19.4. The molecule has 0 aliphatic heterocycles. The van der Waals surface area contributed by atoms with E-state index in [-0.39, 0.29) is 12.0 Å². The normalized spacial score (nSPS) is 12.1. The van der Waals surface area contributed by atoms with Gasteiger partial charge in [-0.3, -0.25) is 4.79 Å². The van der Waals surface area contributed by atoms with E-state index in [9.17, 15) is 9.90 Å². The van der Waals surface area contributed by atoms with Crippen LogP contribution >= 0.6 is 0 Å². The standard InChI is InChI=1S/C35H44O4/c1-8-34(37,9-2)19-18-28-13-14-29(20-25(28)5)35(10-3,11-4)30-15-16-31(26(6)21-30)32-22-27(23-39-24-36)12-17-33(32)38-7/h12-22,24,37H,8-11,23H2,1-7H3/b19-18+. The first-order valence-corrected chi connectivity index (χ1v) is 14.1. The van der Waals surface area contributed by atoms with Gasteiger partial charge >= 0.3 is 0 Å². The molecule has 3 rings (SSSR count). The number of benzene rings is 3. The van der Waals surface area contributed by atoms with Gasteiger partial charge in [0.2, 0.25) is 0 Å². The Balaban J connectivity index is 2.04. The van der Waals surface area contributed by atoms with Crippen LogP contribution in [0, 0.1) is 13.8 Å². The summed E-state index contributed by atoms with van der Waals surface area (Å²) in [5.74, 6) is 0.787. The summed E-state index contributed by atoms with van der Waals surface area (Å²) < 4.78 is 10.7. The number of rotatable bonds is 13. The fourth-order valence-electron chi connectivity index (χ4n) is 5.57. The molecule has 0 bridgehead atoms. The molecule has 0 aromatic heterocycles. The lowest BCUT2D eigenvalue weighted by Gasteiger charge is -2.34. The molecule has 0 amide bonds. The maximum absolute atomic E-state index is 10.7. The second-order valence-electron chi connectivity index (χ2n) is 10.5. The van der Waals surface area contributed by atoms with Gasteiger partial charge in [0.1, 0.15) is 12.4 Å². The maximum Gasteiger partial charge on any atom is 0.293 e. The highest BCUT2D eigenvalue weighted by Gasteiger charge is 2.31. The summed E-state index contributed by atoms with van der Waals surface area (Å²) in [7, 11) is 1.68. The van der Waals surface area contributed by atoms with Crippen LogP contribution in [0.5, 0.6) is 5.75 Å². The molecule has 0 saturated heterocycles. The Morgan fingerprint density at radius 2 is 1.44 bits per heavy atom. The largest absolute Gasteiger partial charge is 0.496 e. The van der Waals surface area contributed by atoms with Crippen molar-refractivity contribution in [3.05, 3.63) is 94.1 Å². The Morgan fingerprint density at radius 3 is 1.97 bits per heavy atom. The van der Waals surface area contributed by atoms with Crippen LogP contribution in [-0.4, -0.2) is 24.3 Å². The fraction of sp³-hybridized carbons (Fsp3) is 0.400. The van der Waals surface area contributed by atoms with E-state index in [0.29, 0.717) is 19.3 Å². The minimum atomic E-state index is -0.759. The third kappa shape index (κ3) is 6.45. The molecule has 3 aromatic rings. The van der Waals surface area contributed by atoms with Gasteiger partial charge in [0.25, 0.3) is 6.47 Å². The molecule has 1 N–H and O–H groups in total. The lowest BCUT2D eigenvalue weighted by atomic mass is 9.69. The van der Waals surface area contributed by atoms with Crippen molar-refractivity contribution in [3.8, 4) is 16.9 Å². The molecule has 0 heterocycles. The number of aliphatic hydroxyl groups is 1. The lowest BCUT2D eigenvalue weighted by molar-refractivity contribution is -0.129. The van der Waals surface area contributed by atoms with Crippen LogP contribution in [0.15, 0.2) is 60.7 Å². The zero-order valence-electron chi connectivity index (χ0n) is 24.6. The van der Waals surface area contributed by atoms with Crippen molar-refractivity contribution in [3.63, 3.8) is 0 Å². The topological polar surface area (TPSA) is 55.8 Å². The molecule has 0 radical (unpaired) electrons. The van der Waals surface area contributed by atoms with Gasteiger partial charge in [0, 0.05) is 11.0 Å². The average Bonchev–Trinajstić information content (AvgIpc) is 2.96. The third-order valence-corrected chi connectivity index (χ3v) is 8.48. The lowest BCUT2D eigenvalue weighted by Crippen LogP contribution is -2.26. The Hall–Kier alpha value is -3.37. The number of aryl methyl sites for hydroxylation is 2. The zero-order valence-corrected chi connectivity index (χ0v) is 24.6. The molecular formula is C35H44O4. The van der Waals surface area contributed by atoms with E-state index in [2.05, 4.69) is 70.2 Å². The summed E-state index contributed by atoms with van der Waals surface area (Å²) in [6.45, 7) is 13.6. The molecule has 0 unspecified atom stereocenters. The molecule has 4 heteroatoms. The van der Waals surface area contributed by atoms with Crippen LogP contribution in [0.2, 0.25) is 0 Å². The van der Waals surface area contributed by atoms with Crippen LogP contribution < -0.4 is 4.74 Å². The van der Waals surface area contributed by atoms with Gasteiger partial charge in [-0.15, -0.1) is 0 Å². The van der Waals surface area contributed by atoms with Crippen LogP contribution in [0.25, 0.3) is 17.2 Å². The zero-order chi connectivity index (χ0) is 28.6. The predicted molar refractivity (Wildman–Crippen MR) is 161 cm³/mol. The highest BCUT2D eigenvalue weighted by Crippen LogP contribution is 2.42. The van der Waals surface area contributed by atoms with Gasteiger partial charge in [0.05, 0.1) is 12.7 Å². The first-order chi connectivity index (χ1) is 18.7. The number of hydrogen-bond donors (Lipinski definition) is 1. The van der Waals surface area contributed by atoms with Crippen molar-refractivity contribution < 1.29 is 19.4 Å². The summed E-state index contributed by atoms with van der Waals surface area (Å²) in [5, 5.41) is 10.7. The van der Waals surface area contributed by atoms with E-state index in [0.717, 1.165) is 40.8 Å². The van der Waals surface area contributed by atoms with Crippen molar-refractivity contribution in [2.24, 2.45) is 0 Å². The average molecular weight is 529 g/mol. The van der Waals surface area contributed by atoms with Gasteiger partial charge in [-0.1, -0.05) is 82.3 Å². The quantitative estimate of drug-likeness (QED) is 0.227. The number of methoxy groups -OCH3 is 1. The highest BCUT2D eigenvalue weighted by atomic mass is 16.5. The highest BCUT2D eigenvalue weighted by molar-refractivity contribution is 5.74. The molecule has 0 aliphatic carbocycles. The molecule has 3 aromatic carbocycles. The van der Waals surface area contributed by atoms with Gasteiger partial charge < -0.3 is 14.6 Å². The maximum atomic E-state index is 10.7. The van der Waals surface area contributed by atoms with Crippen LogP contribution in [0.1, 0.15) is 86.8 Å². The van der Waals surface area contributed by atoms with Crippen LogP contribution in [0.3, 0.4) is 0 Å². The van der Waals surface area contributed by atoms with Crippen molar-refractivity contribution in [1.29, 1.82) is 0 Å². The molecule has 0 spiro atoms. The molecule has 39 heavy (non-hydrogen) atoms. The molecule has 0 saturated carbocycles. The Morgan fingerprint density at radius 1 is 0.795 bits per heavy atom. The predicted octanol–water partition coefficient (Wildman–Crippen LogP) is 8.32. The van der Waals surface area contributed by atoms with E-state index >= 15 is 0 Å². The van der Waals surface area contributed by atoms with Gasteiger partial charge in [-0.2, -0.15) is 0 Å². The number of hydrogen-bond acceptors (Lipinski definition) is 4. The van der Waals surface area contributed by atoms with Gasteiger partial charge in [0.15, 0.2) is 0 Å². The monoisotopic (exact) mass is 528 g/mol. The van der Waals surface area contributed by atoms with Crippen LogP contribution in [-0.2, 0) is 21.6 Å². The summed E-state index contributed by atoms with van der Waals surface area (Å²) in [5.41, 5.74) is 8.23. The Kier molecular flexibility index (Phi) is 10.2. The van der Waals surface area contributed by atoms with E-state index in [1.807, 2.05) is 38.1 Å². The molecule has 4 nitrogen and oxygen atoms in total. The van der Waals surface area contributed by atoms with Gasteiger partial charge in [-0.25, -0.2) is 0 Å². The minimum absolute atomic E-state index is 0.117. The van der Waals surface area contributed by atoms with Gasteiger partial charge in [-0.05, 0) is 90.6 Å². The fourth-order valence-corrected chi connectivity index (χ4v) is 5.57.